The lowest BCUT2D eigenvalue weighted by Crippen LogP contribution is -2.50. The van der Waals surface area contributed by atoms with Crippen LogP contribution in [0.25, 0.3) is 0 Å². The highest BCUT2D eigenvalue weighted by Gasteiger charge is 2.28. The second-order valence-electron chi connectivity index (χ2n) is 5.85. The minimum Gasteiger partial charge on any atom is -0.337 e. The van der Waals surface area contributed by atoms with Gasteiger partial charge in [0.05, 0.1) is 11.4 Å². The van der Waals surface area contributed by atoms with Gasteiger partial charge in [0.1, 0.15) is 0 Å². The highest BCUT2D eigenvalue weighted by molar-refractivity contribution is 7.99. The van der Waals surface area contributed by atoms with Crippen molar-refractivity contribution in [2.45, 2.75) is 11.1 Å². The molecule has 10 heteroatoms. The number of thioether (sulfide) groups is 1. The van der Waals surface area contributed by atoms with Gasteiger partial charge < -0.3 is 15.1 Å². The molecule has 1 aromatic heterocycles. The lowest BCUT2D eigenvalue weighted by Gasteiger charge is -2.34. The summed E-state index contributed by atoms with van der Waals surface area (Å²) in [5.74, 6) is -0.387. The summed E-state index contributed by atoms with van der Waals surface area (Å²) < 4.78 is 37.4. The fourth-order valence-electron chi connectivity index (χ4n) is 2.61. The second kappa shape index (κ2) is 8.47. The molecule has 144 valence electrons. The lowest BCUT2D eigenvalue weighted by atomic mass is 10.3. The van der Waals surface area contributed by atoms with E-state index in [4.69, 9.17) is 0 Å². The normalized spacial score (nSPS) is 14.9. The predicted molar refractivity (Wildman–Crippen MR) is 98.1 cm³/mol. The van der Waals surface area contributed by atoms with Crippen molar-refractivity contribution in [3.8, 4) is 0 Å². The number of nitrogens with one attached hydrogen (secondary N) is 1. The van der Waals surface area contributed by atoms with E-state index in [1.54, 1.807) is 47.6 Å². The quantitative estimate of drug-likeness (QED) is 0.801. The number of anilines is 2. The zero-order valence-corrected chi connectivity index (χ0v) is 15.1. The Hall–Kier alpha value is -2.49. The van der Waals surface area contributed by atoms with E-state index in [1.807, 2.05) is 4.90 Å². The SMILES string of the molecule is O=C(Nc1ccccc1SCC(F)(F)F)N1CCN(c2ncccn2)CC1. The number of hydrogen-bond acceptors (Lipinski definition) is 5. The fraction of sp³-hybridized carbons (Fsp3) is 0.353. The topological polar surface area (TPSA) is 61.4 Å². The molecule has 1 aliphatic rings. The number of hydrogen-bond donors (Lipinski definition) is 1. The first-order valence-electron chi connectivity index (χ1n) is 8.29. The van der Waals surface area contributed by atoms with Crippen molar-refractivity contribution in [3.05, 3.63) is 42.7 Å². The molecule has 0 unspecified atom stereocenters. The molecule has 2 heterocycles. The van der Waals surface area contributed by atoms with Gasteiger partial charge in [-0.25, -0.2) is 14.8 Å². The third-order valence-corrected chi connectivity index (χ3v) is 5.06. The number of aromatic nitrogens is 2. The molecule has 3 rings (SSSR count). The molecule has 1 aromatic carbocycles. The van der Waals surface area contributed by atoms with E-state index in [-0.39, 0.29) is 6.03 Å². The smallest absolute Gasteiger partial charge is 0.337 e. The minimum atomic E-state index is -4.27. The second-order valence-corrected chi connectivity index (χ2v) is 6.87. The molecule has 0 radical (unpaired) electrons. The molecular formula is C17H18F3N5OS. The summed E-state index contributed by atoms with van der Waals surface area (Å²) in [7, 11) is 0. The first kappa shape index (κ1) is 19.3. The highest BCUT2D eigenvalue weighted by atomic mass is 32.2. The summed E-state index contributed by atoms with van der Waals surface area (Å²) in [5, 5.41) is 2.72. The standard InChI is InChI=1S/C17H18F3N5OS/c18-17(19,20)12-27-14-5-2-1-4-13(14)23-16(26)25-10-8-24(9-11-25)15-21-6-3-7-22-15/h1-7H,8-12H2,(H,23,26). The summed E-state index contributed by atoms with van der Waals surface area (Å²) in [5.41, 5.74) is 0.380. The van der Waals surface area contributed by atoms with Gasteiger partial charge in [0.15, 0.2) is 0 Å². The number of halogens is 3. The van der Waals surface area contributed by atoms with Gasteiger partial charge in [-0.2, -0.15) is 13.2 Å². The first-order chi connectivity index (χ1) is 12.9. The zero-order valence-electron chi connectivity index (χ0n) is 14.3. The molecule has 6 nitrogen and oxygen atoms in total. The van der Waals surface area contributed by atoms with Crippen LogP contribution in [0.1, 0.15) is 0 Å². The molecule has 27 heavy (non-hydrogen) atoms. The maximum atomic E-state index is 12.5. The fourth-order valence-corrected chi connectivity index (χ4v) is 3.38. The van der Waals surface area contributed by atoms with Gasteiger partial charge in [-0.1, -0.05) is 12.1 Å². The van der Waals surface area contributed by atoms with E-state index in [2.05, 4.69) is 15.3 Å². The van der Waals surface area contributed by atoms with Crippen molar-refractivity contribution in [1.29, 1.82) is 0 Å². The number of nitrogens with zero attached hydrogens (tertiary/aromatic N) is 4. The Kier molecular flexibility index (Phi) is 6.04. The van der Waals surface area contributed by atoms with Crippen molar-refractivity contribution < 1.29 is 18.0 Å². The Morgan fingerprint density at radius 1 is 1.07 bits per heavy atom. The third-order valence-electron chi connectivity index (χ3n) is 3.92. The number of carbonyl (C=O) groups is 1. The average molecular weight is 397 g/mol. The van der Waals surface area contributed by atoms with Crippen molar-refractivity contribution in [1.82, 2.24) is 14.9 Å². The average Bonchev–Trinajstić information content (AvgIpc) is 2.67. The maximum absolute atomic E-state index is 12.5. The molecule has 1 N–H and O–H groups in total. The van der Waals surface area contributed by atoms with Gasteiger partial charge in [-0.05, 0) is 18.2 Å². The lowest BCUT2D eigenvalue weighted by molar-refractivity contribution is -0.105. The number of carbonyl (C=O) groups excluding carboxylic acids is 1. The molecule has 2 amide bonds. The maximum Gasteiger partial charge on any atom is 0.398 e. The largest absolute Gasteiger partial charge is 0.398 e. The van der Waals surface area contributed by atoms with Crippen molar-refractivity contribution >= 4 is 29.4 Å². The summed E-state index contributed by atoms with van der Waals surface area (Å²) in [4.78, 5) is 24.9. The summed E-state index contributed by atoms with van der Waals surface area (Å²) in [6, 6.07) is 7.90. The Bertz CT molecular complexity index is 767. The van der Waals surface area contributed by atoms with Crippen LogP contribution in [0.2, 0.25) is 0 Å². The van der Waals surface area contributed by atoms with Crippen LogP contribution >= 0.6 is 11.8 Å². The molecule has 0 saturated carbocycles. The van der Waals surface area contributed by atoms with Crippen molar-refractivity contribution in [2.24, 2.45) is 0 Å². The molecule has 2 aromatic rings. The molecule has 0 bridgehead atoms. The van der Waals surface area contributed by atoms with Crippen LogP contribution in [-0.4, -0.2) is 59.0 Å². The molecule has 1 aliphatic heterocycles. The Labute approximate surface area is 158 Å². The minimum absolute atomic E-state index is 0.330. The molecule has 0 spiro atoms. The number of amides is 2. The van der Waals surface area contributed by atoms with E-state index in [0.29, 0.717) is 54.5 Å². The number of benzene rings is 1. The summed E-state index contributed by atoms with van der Waals surface area (Å²) in [6.07, 6.45) is -0.939. The highest BCUT2D eigenvalue weighted by Crippen LogP contribution is 2.32. The third kappa shape index (κ3) is 5.49. The number of para-hydroxylation sites is 1. The van der Waals surface area contributed by atoms with Gasteiger partial charge in [-0.15, -0.1) is 11.8 Å². The van der Waals surface area contributed by atoms with Crippen LogP contribution in [-0.2, 0) is 0 Å². The molecule has 1 saturated heterocycles. The van der Waals surface area contributed by atoms with Gasteiger partial charge in [0.2, 0.25) is 5.95 Å². The van der Waals surface area contributed by atoms with Crippen LogP contribution in [0.4, 0.5) is 29.6 Å². The van der Waals surface area contributed by atoms with E-state index < -0.39 is 11.9 Å². The van der Waals surface area contributed by atoms with Crippen LogP contribution in [0.15, 0.2) is 47.6 Å². The predicted octanol–water partition coefficient (Wildman–Crippen LogP) is 3.49. The molecule has 0 aliphatic carbocycles. The van der Waals surface area contributed by atoms with Crippen LogP contribution < -0.4 is 10.2 Å². The van der Waals surface area contributed by atoms with E-state index in [1.165, 1.54) is 0 Å². The Balaban J connectivity index is 1.57. The molecule has 0 atom stereocenters. The van der Waals surface area contributed by atoms with Crippen molar-refractivity contribution in [3.63, 3.8) is 0 Å². The van der Waals surface area contributed by atoms with Gasteiger partial charge in [0, 0.05) is 43.5 Å². The summed E-state index contributed by atoms with van der Waals surface area (Å²) >= 11 is 0.657. The van der Waals surface area contributed by atoms with Gasteiger partial charge in [-0.3, -0.25) is 0 Å². The number of alkyl halides is 3. The zero-order chi connectivity index (χ0) is 19.3. The number of rotatable bonds is 4. The van der Waals surface area contributed by atoms with Crippen LogP contribution in [0.5, 0.6) is 0 Å². The first-order valence-corrected chi connectivity index (χ1v) is 9.27. The Morgan fingerprint density at radius 2 is 1.74 bits per heavy atom. The number of urea groups is 1. The van der Waals surface area contributed by atoms with Crippen LogP contribution in [0.3, 0.4) is 0 Å². The summed E-state index contributed by atoms with van der Waals surface area (Å²) in [6.45, 7) is 2.12. The van der Waals surface area contributed by atoms with E-state index in [9.17, 15) is 18.0 Å². The van der Waals surface area contributed by atoms with E-state index >= 15 is 0 Å². The van der Waals surface area contributed by atoms with Crippen LogP contribution in [0, 0.1) is 0 Å². The van der Waals surface area contributed by atoms with Crippen molar-refractivity contribution in [2.75, 3.05) is 42.1 Å². The monoisotopic (exact) mass is 397 g/mol. The molecular weight excluding hydrogens is 379 g/mol. The Morgan fingerprint density at radius 3 is 2.41 bits per heavy atom. The van der Waals surface area contributed by atoms with Gasteiger partial charge >= 0.3 is 12.2 Å². The van der Waals surface area contributed by atoms with E-state index in [0.717, 1.165) is 0 Å². The van der Waals surface area contributed by atoms with Gasteiger partial charge in [0.25, 0.3) is 0 Å². The number of piperazine rings is 1. The molecule has 1 fully saturated rings.